The zero-order valence-corrected chi connectivity index (χ0v) is 22.2. The van der Waals surface area contributed by atoms with Crippen molar-refractivity contribution < 1.29 is 18.8 Å². The molecule has 10 heteroatoms. The minimum absolute atomic E-state index is 0.00835. The van der Waals surface area contributed by atoms with E-state index in [2.05, 4.69) is 10.3 Å². The van der Waals surface area contributed by atoms with Crippen LogP contribution in [0.25, 0.3) is 10.8 Å². The molecule has 2 N–H and O–H groups in total. The van der Waals surface area contributed by atoms with Gasteiger partial charge in [0.15, 0.2) is 0 Å². The number of nitrogens with zero attached hydrogens (tertiary/aromatic N) is 1. The fourth-order valence-electron chi connectivity index (χ4n) is 7.63. The molecule has 3 fully saturated rings. The van der Waals surface area contributed by atoms with E-state index in [-0.39, 0.29) is 58.1 Å². The number of carbonyl (C=O) groups excluding carboxylic acids is 3. The number of thioether (sulfide) groups is 1. The smallest absolute Gasteiger partial charge is 0.305 e. The fourth-order valence-corrected chi connectivity index (χ4v) is 10.5. The van der Waals surface area contributed by atoms with Crippen molar-refractivity contribution in [2.75, 3.05) is 11.9 Å². The minimum atomic E-state index is -0.438. The Balaban J connectivity index is 1.06. The largest absolute Gasteiger partial charge is 0.469 e. The average Bonchev–Trinajstić information content (AvgIpc) is 3.74. The number of anilines is 1. The third kappa shape index (κ3) is 3.37. The first-order valence-electron chi connectivity index (χ1n) is 13.0. The van der Waals surface area contributed by atoms with Crippen molar-refractivity contribution in [2.24, 2.45) is 29.6 Å². The molecule has 2 aromatic heterocycles. The van der Waals surface area contributed by atoms with Gasteiger partial charge in [-0.25, -0.2) is 0 Å². The maximum atomic E-state index is 13.7. The van der Waals surface area contributed by atoms with E-state index in [4.69, 9.17) is 4.42 Å². The molecule has 8 nitrogen and oxygen atoms in total. The summed E-state index contributed by atoms with van der Waals surface area (Å²) in [5, 5.41) is 5.86. The van der Waals surface area contributed by atoms with Gasteiger partial charge < -0.3 is 14.7 Å². The second-order valence-electron chi connectivity index (χ2n) is 10.8. The van der Waals surface area contributed by atoms with Crippen LogP contribution in [0.4, 0.5) is 5.69 Å². The SMILES string of the molecule is O=C(CN1C(=O)C2C3CC(C2C1=O)C1C3Sc2[nH]c(=O)sc2[C@@H]1c1ccco1)Nc1ccc2ccccc2c1. The number of rotatable bonds is 4. The molecule has 4 heterocycles. The second kappa shape index (κ2) is 8.43. The predicted molar refractivity (Wildman–Crippen MR) is 147 cm³/mol. The summed E-state index contributed by atoms with van der Waals surface area (Å²) in [6.07, 6.45) is 2.43. The number of imide groups is 1. The van der Waals surface area contributed by atoms with Crippen LogP contribution in [0.2, 0.25) is 0 Å². The molecular formula is C29H23N3O5S2. The number of H-pyrrole nitrogens is 1. The van der Waals surface area contributed by atoms with Gasteiger partial charge in [-0.2, -0.15) is 0 Å². The van der Waals surface area contributed by atoms with E-state index < -0.39 is 11.8 Å². The topological polar surface area (TPSA) is 112 Å². The number of thiazole rings is 1. The van der Waals surface area contributed by atoms with Crippen LogP contribution in [0.1, 0.15) is 23.0 Å². The summed E-state index contributed by atoms with van der Waals surface area (Å²) in [6, 6.07) is 17.3. The van der Waals surface area contributed by atoms with Crippen LogP contribution in [-0.4, -0.2) is 39.4 Å². The third-order valence-corrected chi connectivity index (χ3v) is 11.6. The summed E-state index contributed by atoms with van der Waals surface area (Å²) in [5.41, 5.74) is 0.627. The van der Waals surface area contributed by atoms with Crippen LogP contribution in [0.3, 0.4) is 0 Å². The highest BCUT2D eigenvalue weighted by Gasteiger charge is 2.69. The number of hydrogen-bond acceptors (Lipinski definition) is 7. The van der Waals surface area contributed by atoms with Gasteiger partial charge in [-0.3, -0.25) is 24.1 Å². The number of carbonyl (C=O) groups is 3. The van der Waals surface area contributed by atoms with Crippen LogP contribution in [0, 0.1) is 29.6 Å². The number of fused-ring (bicyclic) bond motifs is 10. The number of likely N-dealkylation sites (tertiary alicyclic amines) is 1. The first kappa shape index (κ1) is 23.3. The van der Waals surface area contributed by atoms with E-state index in [9.17, 15) is 19.2 Å². The fraction of sp³-hybridized carbons (Fsp3) is 0.310. The van der Waals surface area contributed by atoms with E-state index in [1.807, 2.05) is 54.6 Å². The summed E-state index contributed by atoms with van der Waals surface area (Å²) < 4.78 is 5.84. The van der Waals surface area contributed by atoms with Crippen LogP contribution in [-0.2, 0) is 14.4 Å². The zero-order chi connectivity index (χ0) is 26.4. The molecule has 8 rings (SSSR count). The van der Waals surface area contributed by atoms with Gasteiger partial charge in [0, 0.05) is 10.9 Å². The highest BCUT2D eigenvalue weighted by molar-refractivity contribution is 8.00. The molecule has 6 unspecified atom stereocenters. The summed E-state index contributed by atoms with van der Waals surface area (Å²) in [6.45, 7) is -0.290. The van der Waals surface area contributed by atoms with E-state index in [0.717, 1.165) is 32.9 Å². The highest BCUT2D eigenvalue weighted by atomic mass is 32.2. The first-order valence-corrected chi connectivity index (χ1v) is 14.7. The Morgan fingerprint density at radius 3 is 2.59 bits per heavy atom. The number of aromatic amines is 1. The van der Waals surface area contributed by atoms with E-state index in [0.29, 0.717) is 5.69 Å². The van der Waals surface area contributed by atoms with Crippen molar-refractivity contribution >= 4 is 57.3 Å². The monoisotopic (exact) mass is 557 g/mol. The summed E-state index contributed by atoms with van der Waals surface area (Å²) in [7, 11) is 0. The van der Waals surface area contributed by atoms with Crippen molar-refractivity contribution in [1.82, 2.24) is 9.88 Å². The molecule has 7 atom stereocenters. The second-order valence-corrected chi connectivity index (χ2v) is 13.1. The predicted octanol–water partition coefficient (Wildman–Crippen LogP) is 4.29. The maximum absolute atomic E-state index is 13.7. The number of benzene rings is 2. The summed E-state index contributed by atoms with van der Waals surface area (Å²) >= 11 is 2.84. The molecule has 2 aliphatic heterocycles. The molecule has 196 valence electrons. The van der Waals surface area contributed by atoms with Crippen LogP contribution in [0.15, 0.2) is 75.1 Å². The minimum Gasteiger partial charge on any atom is -0.469 e. The van der Waals surface area contributed by atoms with Gasteiger partial charge >= 0.3 is 4.87 Å². The lowest BCUT2D eigenvalue weighted by atomic mass is 9.69. The van der Waals surface area contributed by atoms with Gasteiger partial charge in [0.2, 0.25) is 17.7 Å². The Kier molecular flexibility index (Phi) is 5.03. The van der Waals surface area contributed by atoms with Crippen LogP contribution >= 0.6 is 23.1 Å². The molecule has 3 amide bonds. The quantitative estimate of drug-likeness (QED) is 0.362. The van der Waals surface area contributed by atoms with Crippen LogP contribution in [0.5, 0.6) is 0 Å². The van der Waals surface area contributed by atoms with Crippen molar-refractivity contribution in [3.63, 3.8) is 0 Å². The van der Waals surface area contributed by atoms with Crippen LogP contribution < -0.4 is 10.2 Å². The zero-order valence-electron chi connectivity index (χ0n) is 20.5. The average molecular weight is 558 g/mol. The van der Waals surface area contributed by atoms with Gasteiger partial charge in [-0.1, -0.05) is 41.7 Å². The van der Waals surface area contributed by atoms with E-state index >= 15 is 0 Å². The molecule has 2 bridgehead atoms. The van der Waals surface area contributed by atoms with Crippen molar-refractivity contribution in [3.05, 3.63) is 81.2 Å². The third-order valence-electron chi connectivity index (χ3n) is 9.00. The molecule has 39 heavy (non-hydrogen) atoms. The molecule has 1 saturated heterocycles. The number of aromatic nitrogens is 1. The summed E-state index contributed by atoms with van der Waals surface area (Å²) in [5.74, 6) is -1.01. The molecule has 4 aromatic rings. The number of hydrogen-bond donors (Lipinski definition) is 2. The van der Waals surface area contributed by atoms with Gasteiger partial charge in [0.25, 0.3) is 0 Å². The van der Waals surface area contributed by atoms with E-state index in [1.54, 1.807) is 18.0 Å². The molecule has 2 aliphatic carbocycles. The number of furan rings is 1. The normalized spacial score (nSPS) is 30.5. The Hall–Kier alpha value is -3.63. The van der Waals surface area contributed by atoms with Gasteiger partial charge in [0.05, 0.1) is 33.9 Å². The van der Waals surface area contributed by atoms with Crippen molar-refractivity contribution in [3.8, 4) is 0 Å². The number of nitrogens with one attached hydrogen (secondary N) is 2. The molecule has 2 aromatic carbocycles. The Labute approximate surface area is 230 Å². The molecule has 0 radical (unpaired) electrons. The lowest BCUT2D eigenvalue weighted by Gasteiger charge is -2.42. The molecule has 2 saturated carbocycles. The molecular weight excluding hydrogens is 534 g/mol. The standard InChI is InChI=1S/C29H23N3O5S2/c33-19(30-15-8-7-13-4-1-2-5-14(13)10-15)12-32-27(34)21-16-11-17(22(21)28(32)35)24-20(16)23(18-6-3-9-37-18)25-26(38-24)31-29(36)39-25/h1-10,16-17,20-24H,11-12H2,(H,30,33)(H,31,36)/t16?,17?,20?,21?,22?,23-,24?/m1/s1. The lowest BCUT2D eigenvalue weighted by molar-refractivity contribution is -0.143. The van der Waals surface area contributed by atoms with Crippen molar-refractivity contribution in [1.29, 1.82) is 0 Å². The highest BCUT2D eigenvalue weighted by Crippen LogP contribution is 2.68. The van der Waals surface area contributed by atoms with E-state index in [1.165, 1.54) is 16.2 Å². The Morgan fingerprint density at radius 1 is 1.00 bits per heavy atom. The first-order chi connectivity index (χ1) is 19.0. The maximum Gasteiger partial charge on any atom is 0.305 e. The van der Waals surface area contributed by atoms with Gasteiger partial charge in [-0.15, -0.1) is 11.8 Å². The number of amides is 3. The Bertz CT molecular complexity index is 1730. The van der Waals surface area contributed by atoms with Gasteiger partial charge in [0.1, 0.15) is 12.3 Å². The Morgan fingerprint density at radius 2 is 1.79 bits per heavy atom. The lowest BCUT2D eigenvalue weighted by Crippen LogP contribution is -2.42. The summed E-state index contributed by atoms with van der Waals surface area (Å²) in [4.78, 5) is 57.6. The molecule has 0 spiro atoms. The molecule has 4 aliphatic rings. The van der Waals surface area contributed by atoms with Gasteiger partial charge in [-0.05, 0) is 59.2 Å². The van der Waals surface area contributed by atoms with Crippen molar-refractivity contribution in [2.45, 2.75) is 22.6 Å².